The highest BCUT2D eigenvalue weighted by Crippen LogP contribution is 2.53. The van der Waals surface area contributed by atoms with E-state index in [-0.39, 0.29) is 33.8 Å². The third-order valence-electron chi connectivity index (χ3n) is 18.7. The summed E-state index contributed by atoms with van der Waals surface area (Å²) in [5.41, 5.74) is 28.6. The summed E-state index contributed by atoms with van der Waals surface area (Å²) >= 11 is 1.99. The van der Waals surface area contributed by atoms with Gasteiger partial charge < -0.3 is 19.3 Å². The smallest absolute Gasteiger partial charge is 0.264 e. The summed E-state index contributed by atoms with van der Waals surface area (Å²) in [4.78, 5) is 7.95. The van der Waals surface area contributed by atoms with Crippen molar-refractivity contribution in [3.8, 4) is 5.69 Å². The molecule has 0 atom stereocenters. The number of nitrogens with zero attached hydrogens (tertiary/aromatic N) is 4. The Morgan fingerprint density at radius 3 is 1.42 bits per heavy atom. The molecule has 4 heterocycles. The molecule has 9 aromatic carbocycles. The molecule has 0 fully saturated rings. The van der Waals surface area contributed by atoms with E-state index in [4.69, 9.17) is 0 Å². The molecule has 86 heavy (non-hydrogen) atoms. The molecule has 0 N–H and O–H groups in total. The Labute approximate surface area is 517 Å². The van der Waals surface area contributed by atoms with Crippen LogP contribution in [0.15, 0.2) is 170 Å². The molecular weight excluding hydrogens is 1060 g/mol. The number of aryl methyl sites for hydroxylation is 4. The summed E-state index contributed by atoms with van der Waals surface area (Å²) in [5, 5.41) is 3.80. The standard InChI is InChI=1S/C80H85BN4S/c1-48-39-54(78(11,12)13)40-49(2)72(48)84-67-47-60(82(58-32-29-52(30-33-58)76(5,6)7)59-34-36-62-61-27-23-24-28-65(61)83(66(62)46-59)57-25-21-20-22-26-57)35-37-64(67)81-71-68(84)44-56(80(17,18)19)45-69(71)85(73-50(3)41-55(42-51(73)4)79(14,15)16)74-63-43-53(77(8,9)10)31-38-70(63)86-75(74)81/h20-47H,1-19H3. The number of benzene rings is 9. The van der Waals surface area contributed by atoms with Gasteiger partial charge in [-0.15, -0.1) is 11.3 Å². The minimum atomic E-state index is -0.186. The molecule has 0 radical (unpaired) electrons. The molecule has 0 spiro atoms. The fraction of sp³-hybridized carbons (Fsp3) is 0.300. The van der Waals surface area contributed by atoms with Crippen LogP contribution in [0.25, 0.3) is 37.6 Å². The van der Waals surface area contributed by atoms with Crippen molar-refractivity contribution in [2.45, 2.75) is 159 Å². The molecule has 13 rings (SSSR count). The van der Waals surface area contributed by atoms with Gasteiger partial charge in [-0.05, 0) is 195 Å². The molecule has 0 saturated heterocycles. The van der Waals surface area contributed by atoms with Crippen molar-refractivity contribution in [2.24, 2.45) is 0 Å². The first-order valence-corrected chi connectivity index (χ1v) is 32.0. The van der Waals surface area contributed by atoms with Crippen molar-refractivity contribution in [1.82, 2.24) is 4.57 Å². The van der Waals surface area contributed by atoms with Gasteiger partial charge in [0.1, 0.15) is 0 Å². The third-order valence-corrected chi connectivity index (χ3v) is 19.9. The number of aromatic nitrogens is 1. The second kappa shape index (κ2) is 19.9. The number of hydrogen-bond donors (Lipinski definition) is 0. The monoisotopic (exact) mass is 1140 g/mol. The molecule has 11 aromatic rings. The van der Waals surface area contributed by atoms with E-state index in [1.807, 2.05) is 11.3 Å². The van der Waals surface area contributed by atoms with Crippen molar-refractivity contribution in [3.63, 3.8) is 0 Å². The zero-order chi connectivity index (χ0) is 61.1. The SMILES string of the molecule is Cc1cc(C(C)(C)C)cc(C)c1N1c2cc(N(c3ccc(C(C)(C)C)cc3)c3ccc4c5ccccc5n(-c5ccccc5)c4c3)ccc2B2c3sc4ccc(C(C)(C)C)cc4c3N(c3c(C)cc(C(C)(C)C)cc3C)c3cc(C(C)(C)C)cc1c32. The molecule has 0 aliphatic carbocycles. The predicted molar refractivity (Wildman–Crippen MR) is 377 cm³/mol. The number of thiophene rings is 1. The average Bonchev–Trinajstić information content (AvgIpc) is 1.25. The van der Waals surface area contributed by atoms with Gasteiger partial charge in [0.15, 0.2) is 0 Å². The van der Waals surface area contributed by atoms with E-state index >= 15 is 0 Å². The molecule has 434 valence electrons. The van der Waals surface area contributed by atoms with Crippen LogP contribution in [-0.4, -0.2) is 11.3 Å². The topological polar surface area (TPSA) is 14.7 Å². The predicted octanol–water partition coefficient (Wildman–Crippen LogP) is 21.3. The fourth-order valence-corrected chi connectivity index (χ4v) is 15.3. The Hall–Kier alpha value is -7.80. The molecule has 0 unspecified atom stereocenters. The van der Waals surface area contributed by atoms with Crippen molar-refractivity contribution in [2.75, 3.05) is 14.7 Å². The summed E-state index contributed by atoms with van der Waals surface area (Å²) < 4.78 is 5.15. The van der Waals surface area contributed by atoms with Crippen LogP contribution >= 0.6 is 11.3 Å². The second-order valence-electron chi connectivity index (χ2n) is 30.2. The van der Waals surface area contributed by atoms with Gasteiger partial charge in [0.05, 0.1) is 28.1 Å². The molecule has 0 saturated carbocycles. The van der Waals surface area contributed by atoms with Crippen LogP contribution in [0.1, 0.15) is 154 Å². The van der Waals surface area contributed by atoms with Crippen molar-refractivity contribution in [1.29, 1.82) is 0 Å². The molecule has 6 heteroatoms. The van der Waals surface area contributed by atoms with E-state index in [2.05, 4.69) is 321 Å². The van der Waals surface area contributed by atoms with Gasteiger partial charge in [0.2, 0.25) is 0 Å². The first-order chi connectivity index (χ1) is 40.5. The van der Waals surface area contributed by atoms with Crippen LogP contribution < -0.4 is 30.4 Å². The van der Waals surface area contributed by atoms with E-state index in [0.717, 1.165) is 22.7 Å². The normalized spacial score (nSPS) is 13.7. The molecule has 0 bridgehead atoms. The zero-order valence-corrected chi connectivity index (χ0v) is 55.3. The molecule has 2 aliphatic rings. The fourth-order valence-electron chi connectivity index (χ4n) is 14.0. The van der Waals surface area contributed by atoms with Gasteiger partial charge in [0, 0.05) is 65.4 Å². The highest BCUT2D eigenvalue weighted by Gasteiger charge is 2.47. The minimum absolute atomic E-state index is 0.00407. The summed E-state index contributed by atoms with van der Waals surface area (Å²) in [6.07, 6.45) is 0. The molecule has 4 nitrogen and oxygen atoms in total. The molecule has 2 aromatic heterocycles. The number of hydrogen-bond acceptors (Lipinski definition) is 4. The van der Waals surface area contributed by atoms with Gasteiger partial charge in [-0.2, -0.15) is 0 Å². The van der Waals surface area contributed by atoms with E-state index < -0.39 is 0 Å². The minimum Gasteiger partial charge on any atom is -0.311 e. The Bertz CT molecular complexity index is 4490. The lowest BCUT2D eigenvalue weighted by molar-refractivity contribution is 0.589. The molecule has 2 aliphatic heterocycles. The van der Waals surface area contributed by atoms with Crippen molar-refractivity contribution < 1.29 is 0 Å². The van der Waals surface area contributed by atoms with E-state index in [1.54, 1.807) is 0 Å². The van der Waals surface area contributed by atoms with Crippen LogP contribution in [0.3, 0.4) is 0 Å². The van der Waals surface area contributed by atoms with Gasteiger partial charge >= 0.3 is 0 Å². The molecular formula is C80H85BN4S. The van der Waals surface area contributed by atoms with Crippen LogP contribution in [0, 0.1) is 27.7 Å². The van der Waals surface area contributed by atoms with Gasteiger partial charge in [0.25, 0.3) is 6.71 Å². The summed E-state index contributed by atoms with van der Waals surface area (Å²) in [7, 11) is 0. The highest BCUT2D eigenvalue weighted by molar-refractivity contribution is 7.33. The van der Waals surface area contributed by atoms with Crippen LogP contribution in [0.2, 0.25) is 0 Å². The Balaban J connectivity index is 1.15. The lowest BCUT2D eigenvalue weighted by Gasteiger charge is -2.45. The Morgan fingerprint density at radius 2 is 0.837 bits per heavy atom. The number of anilines is 9. The van der Waals surface area contributed by atoms with Crippen molar-refractivity contribution in [3.05, 3.63) is 220 Å². The summed E-state index contributed by atoms with van der Waals surface area (Å²) in [6, 6.07) is 66.1. The highest BCUT2D eigenvalue weighted by atomic mass is 32.1. The first-order valence-electron chi connectivity index (χ1n) is 31.2. The van der Waals surface area contributed by atoms with Gasteiger partial charge in [-0.25, -0.2) is 0 Å². The summed E-state index contributed by atoms with van der Waals surface area (Å²) in [6.45, 7) is 44.6. The average molecular weight is 1150 g/mol. The summed E-state index contributed by atoms with van der Waals surface area (Å²) in [5.74, 6) is 0. The second-order valence-corrected chi connectivity index (χ2v) is 31.3. The Kier molecular flexibility index (Phi) is 13.2. The largest absolute Gasteiger partial charge is 0.311 e. The zero-order valence-electron chi connectivity index (χ0n) is 54.4. The quantitative estimate of drug-likeness (QED) is 0.154. The first kappa shape index (κ1) is 57.3. The number of para-hydroxylation sites is 2. The van der Waals surface area contributed by atoms with Gasteiger partial charge in [-0.3, -0.25) is 0 Å². The van der Waals surface area contributed by atoms with Gasteiger partial charge in [-0.1, -0.05) is 195 Å². The van der Waals surface area contributed by atoms with E-state index in [1.165, 1.54) is 132 Å². The lowest BCUT2D eigenvalue weighted by Crippen LogP contribution is -2.60. The number of rotatable bonds is 6. The molecule has 0 amide bonds. The van der Waals surface area contributed by atoms with Crippen LogP contribution in [-0.2, 0) is 27.1 Å². The van der Waals surface area contributed by atoms with Crippen molar-refractivity contribution >= 4 is 117 Å². The third kappa shape index (κ3) is 9.39. The Morgan fingerprint density at radius 1 is 0.360 bits per heavy atom. The van der Waals surface area contributed by atoms with Crippen LogP contribution in [0.4, 0.5) is 51.2 Å². The maximum Gasteiger partial charge on any atom is 0.264 e. The van der Waals surface area contributed by atoms with E-state index in [0.29, 0.717) is 0 Å². The van der Waals surface area contributed by atoms with E-state index in [9.17, 15) is 0 Å². The lowest BCUT2D eigenvalue weighted by atomic mass is 9.36. The maximum atomic E-state index is 2.73. The number of fused-ring (bicyclic) bond motifs is 9. The maximum absolute atomic E-state index is 2.73. The van der Waals surface area contributed by atoms with Crippen LogP contribution in [0.5, 0.6) is 0 Å².